The first-order chi connectivity index (χ1) is 10.9. The summed E-state index contributed by atoms with van der Waals surface area (Å²) in [5.74, 6) is -0.280. The average molecular weight is 320 g/mol. The molecule has 2 aromatic rings. The zero-order chi connectivity index (χ0) is 16.9. The van der Waals surface area contributed by atoms with Crippen LogP contribution in [-0.4, -0.2) is 34.0 Å². The van der Waals surface area contributed by atoms with E-state index in [2.05, 4.69) is 15.7 Å². The molecule has 0 saturated heterocycles. The van der Waals surface area contributed by atoms with Crippen LogP contribution in [-0.2, 0) is 19.1 Å². The summed E-state index contributed by atoms with van der Waals surface area (Å²) >= 11 is 0. The molecule has 0 radical (unpaired) electrons. The standard InChI is InChI=1S/C16H21FN4O2/c1-16(23,13-9-20-21(2)10-13)11-19-15(22)18-8-7-12-3-5-14(17)6-4-12/h3-6,9-10,23H,7-8,11H2,1-2H3,(H2,18,19,22). The molecule has 1 aromatic heterocycles. The number of aryl methyl sites for hydroxylation is 1. The topological polar surface area (TPSA) is 79.2 Å². The normalized spacial score (nSPS) is 13.4. The molecule has 0 aliphatic carbocycles. The van der Waals surface area contributed by atoms with E-state index in [-0.39, 0.29) is 18.4 Å². The lowest BCUT2D eigenvalue weighted by molar-refractivity contribution is 0.0593. The minimum absolute atomic E-state index is 0.0705. The van der Waals surface area contributed by atoms with Gasteiger partial charge < -0.3 is 15.7 Å². The Bertz CT molecular complexity index is 652. The van der Waals surface area contributed by atoms with Gasteiger partial charge in [0.2, 0.25) is 0 Å². The fraction of sp³-hybridized carbons (Fsp3) is 0.375. The fourth-order valence-electron chi connectivity index (χ4n) is 2.09. The Labute approximate surface area is 134 Å². The molecular formula is C16H21FN4O2. The van der Waals surface area contributed by atoms with E-state index >= 15 is 0 Å². The molecule has 0 aliphatic rings. The molecule has 1 aromatic carbocycles. The van der Waals surface area contributed by atoms with Crippen LogP contribution in [0.2, 0.25) is 0 Å². The number of rotatable bonds is 6. The molecule has 23 heavy (non-hydrogen) atoms. The van der Waals surface area contributed by atoms with Gasteiger partial charge in [0.15, 0.2) is 0 Å². The predicted molar refractivity (Wildman–Crippen MR) is 84.3 cm³/mol. The second-order valence-electron chi connectivity index (χ2n) is 5.66. The van der Waals surface area contributed by atoms with E-state index in [1.807, 2.05) is 0 Å². The number of halogens is 1. The van der Waals surface area contributed by atoms with E-state index in [9.17, 15) is 14.3 Å². The third kappa shape index (κ3) is 5.07. The maximum absolute atomic E-state index is 12.8. The molecule has 0 fully saturated rings. The Hall–Kier alpha value is -2.41. The highest BCUT2D eigenvalue weighted by Gasteiger charge is 2.25. The molecule has 3 N–H and O–H groups in total. The summed E-state index contributed by atoms with van der Waals surface area (Å²) in [7, 11) is 1.76. The van der Waals surface area contributed by atoms with Crippen LogP contribution in [0, 0.1) is 5.82 Å². The predicted octanol–water partition coefficient (Wildman–Crippen LogP) is 1.31. The first-order valence-electron chi connectivity index (χ1n) is 7.34. The molecule has 1 unspecified atom stereocenters. The third-order valence-corrected chi connectivity index (χ3v) is 3.53. The summed E-state index contributed by atoms with van der Waals surface area (Å²) in [5.41, 5.74) is 0.378. The van der Waals surface area contributed by atoms with Gasteiger partial charge in [-0.1, -0.05) is 12.1 Å². The van der Waals surface area contributed by atoms with Gasteiger partial charge in [0.25, 0.3) is 0 Å². The van der Waals surface area contributed by atoms with E-state index < -0.39 is 5.60 Å². The van der Waals surface area contributed by atoms with E-state index in [1.54, 1.807) is 43.2 Å². The number of carbonyl (C=O) groups excluding carboxylic acids is 1. The van der Waals surface area contributed by atoms with Gasteiger partial charge in [-0.15, -0.1) is 0 Å². The highest BCUT2D eigenvalue weighted by Crippen LogP contribution is 2.18. The molecule has 2 rings (SSSR count). The first-order valence-corrected chi connectivity index (χ1v) is 7.34. The molecule has 0 bridgehead atoms. The van der Waals surface area contributed by atoms with Crippen LogP contribution >= 0.6 is 0 Å². The number of hydrogen-bond donors (Lipinski definition) is 3. The zero-order valence-corrected chi connectivity index (χ0v) is 13.2. The second-order valence-corrected chi connectivity index (χ2v) is 5.66. The summed E-state index contributed by atoms with van der Waals surface area (Å²) in [4.78, 5) is 11.8. The largest absolute Gasteiger partial charge is 0.383 e. The van der Waals surface area contributed by atoms with Crippen LogP contribution in [0.25, 0.3) is 0 Å². The minimum Gasteiger partial charge on any atom is -0.383 e. The van der Waals surface area contributed by atoms with Crippen molar-refractivity contribution >= 4 is 6.03 Å². The number of benzene rings is 1. The second kappa shape index (κ2) is 7.23. The SMILES string of the molecule is Cn1cc(C(C)(O)CNC(=O)NCCc2ccc(F)cc2)cn1. The van der Waals surface area contributed by atoms with Gasteiger partial charge in [-0.05, 0) is 31.0 Å². The van der Waals surface area contributed by atoms with Crippen molar-refractivity contribution in [2.75, 3.05) is 13.1 Å². The monoisotopic (exact) mass is 320 g/mol. The summed E-state index contributed by atoms with van der Waals surface area (Å²) in [6, 6.07) is 5.78. The fourth-order valence-corrected chi connectivity index (χ4v) is 2.09. The van der Waals surface area contributed by atoms with Gasteiger partial charge in [0.1, 0.15) is 11.4 Å². The maximum atomic E-state index is 12.8. The van der Waals surface area contributed by atoms with Crippen molar-refractivity contribution in [3.63, 3.8) is 0 Å². The minimum atomic E-state index is -1.19. The number of urea groups is 1. The van der Waals surface area contributed by atoms with Gasteiger partial charge in [0.05, 0.1) is 12.7 Å². The quantitative estimate of drug-likeness (QED) is 0.751. The summed E-state index contributed by atoms with van der Waals surface area (Å²) in [6.45, 7) is 2.11. The number of nitrogens with one attached hydrogen (secondary N) is 2. The molecule has 2 amide bonds. The molecule has 6 nitrogen and oxygen atoms in total. The number of aromatic nitrogens is 2. The van der Waals surface area contributed by atoms with Crippen molar-refractivity contribution in [2.45, 2.75) is 18.9 Å². The molecule has 124 valence electrons. The molecule has 7 heteroatoms. The van der Waals surface area contributed by atoms with Crippen molar-refractivity contribution < 1.29 is 14.3 Å². The van der Waals surface area contributed by atoms with Gasteiger partial charge in [-0.2, -0.15) is 5.10 Å². The van der Waals surface area contributed by atoms with Crippen LogP contribution in [0.15, 0.2) is 36.7 Å². The number of carbonyl (C=O) groups is 1. The maximum Gasteiger partial charge on any atom is 0.314 e. The molecular weight excluding hydrogens is 299 g/mol. The van der Waals surface area contributed by atoms with Crippen LogP contribution in [0.5, 0.6) is 0 Å². The Morgan fingerprint density at radius 1 is 1.35 bits per heavy atom. The van der Waals surface area contributed by atoms with E-state index in [0.29, 0.717) is 18.5 Å². The smallest absolute Gasteiger partial charge is 0.314 e. The molecule has 1 heterocycles. The first kappa shape index (κ1) is 17.0. The molecule has 0 spiro atoms. The van der Waals surface area contributed by atoms with E-state index in [0.717, 1.165) is 5.56 Å². The van der Waals surface area contributed by atoms with E-state index in [1.165, 1.54) is 12.1 Å². The molecule has 1 atom stereocenters. The Morgan fingerprint density at radius 2 is 2.04 bits per heavy atom. The number of aliphatic hydroxyl groups is 1. The van der Waals surface area contributed by atoms with Gasteiger partial charge in [-0.25, -0.2) is 9.18 Å². The zero-order valence-electron chi connectivity index (χ0n) is 13.2. The number of hydrogen-bond acceptors (Lipinski definition) is 3. The number of nitrogens with zero attached hydrogens (tertiary/aromatic N) is 2. The Kier molecular flexibility index (Phi) is 5.33. The molecule has 0 aliphatic heterocycles. The lowest BCUT2D eigenvalue weighted by atomic mass is 10.00. The van der Waals surface area contributed by atoms with Gasteiger partial charge in [-0.3, -0.25) is 4.68 Å². The van der Waals surface area contributed by atoms with Crippen molar-refractivity contribution in [1.29, 1.82) is 0 Å². The van der Waals surface area contributed by atoms with Crippen molar-refractivity contribution in [3.8, 4) is 0 Å². The van der Waals surface area contributed by atoms with Crippen LogP contribution in [0.1, 0.15) is 18.1 Å². The van der Waals surface area contributed by atoms with E-state index in [4.69, 9.17) is 0 Å². The Morgan fingerprint density at radius 3 is 2.65 bits per heavy atom. The van der Waals surface area contributed by atoms with Crippen molar-refractivity contribution in [3.05, 3.63) is 53.6 Å². The third-order valence-electron chi connectivity index (χ3n) is 3.53. The van der Waals surface area contributed by atoms with Crippen LogP contribution in [0.3, 0.4) is 0 Å². The lowest BCUT2D eigenvalue weighted by Gasteiger charge is -2.22. The summed E-state index contributed by atoms with van der Waals surface area (Å²) in [6.07, 6.45) is 3.87. The van der Waals surface area contributed by atoms with Crippen LogP contribution < -0.4 is 10.6 Å². The lowest BCUT2D eigenvalue weighted by Crippen LogP contribution is -2.43. The highest BCUT2D eigenvalue weighted by molar-refractivity contribution is 5.73. The highest BCUT2D eigenvalue weighted by atomic mass is 19.1. The summed E-state index contributed by atoms with van der Waals surface area (Å²) in [5, 5.41) is 19.7. The van der Waals surface area contributed by atoms with Crippen molar-refractivity contribution in [1.82, 2.24) is 20.4 Å². The van der Waals surface area contributed by atoms with Gasteiger partial charge in [0, 0.05) is 25.4 Å². The van der Waals surface area contributed by atoms with Gasteiger partial charge >= 0.3 is 6.03 Å². The van der Waals surface area contributed by atoms with Crippen molar-refractivity contribution in [2.24, 2.45) is 7.05 Å². The number of amides is 2. The summed E-state index contributed by atoms with van der Waals surface area (Å²) < 4.78 is 14.4. The average Bonchev–Trinajstić information content (AvgIpc) is 2.95. The molecule has 0 saturated carbocycles. The Balaban J connectivity index is 1.73. The van der Waals surface area contributed by atoms with Crippen LogP contribution in [0.4, 0.5) is 9.18 Å².